The van der Waals surface area contributed by atoms with Crippen LogP contribution in [0.5, 0.6) is 0 Å². The number of nitrogens with zero attached hydrogens (tertiary/aromatic N) is 1. The fraction of sp³-hybridized carbons (Fsp3) is 0.875. The van der Waals surface area contributed by atoms with Crippen LogP contribution in [-0.2, 0) is 4.79 Å². The first-order valence-corrected chi connectivity index (χ1v) is 8.65. The van der Waals surface area contributed by atoms with Gasteiger partial charge < -0.3 is 10.6 Å². The molecule has 0 saturated heterocycles. The molecule has 0 bridgehead atoms. The normalized spacial score (nSPS) is 21.0. The van der Waals surface area contributed by atoms with Gasteiger partial charge >= 0.3 is 0 Å². The average molecular weight is 296 g/mol. The molecule has 20 heavy (non-hydrogen) atoms. The van der Waals surface area contributed by atoms with Gasteiger partial charge in [0.05, 0.1) is 11.5 Å². The number of carbonyl (C=O) groups excluding carboxylic acids is 1. The van der Waals surface area contributed by atoms with Gasteiger partial charge in [-0.15, -0.1) is 0 Å². The second kappa shape index (κ2) is 7.96. The minimum absolute atomic E-state index is 0.273. The van der Waals surface area contributed by atoms with Crippen molar-refractivity contribution >= 4 is 23.1 Å². The Labute approximate surface area is 128 Å². The van der Waals surface area contributed by atoms with Crippen LogP contribution in [0.25, 0.3) is 0 Å². The molecule has 0 heterocycles. The average Bonchev–Trinajstić information content (AvgIpc) is 2.97. The first-order chi connectivity index (χ1) is 9.66. The van der Waals surface area contributed by atoms with E-state index in [1.165, 1.54) is 44.9 Å². The van der Waals surface area contributed by atoms with Gasteiger partial charge in [-0.25, -0.2) is 0 Å². The molecule has 2 aliphatic rings. The monoisotopic (exact) mass is 296 g/mol. The SMILES string of the molecule is NC(=S)CN(C(=O)CCC1CCCCC1)C1CCCC1. The molecule has 0 aromatic heterocycles. The van der Waals surface area contributed by atoms with Crippen LogP contribution in [0.1, 0.15) is 70.6 Å². The summed E-state index contributed by atoms with van der Waals surface area (Å²) in [6.45, 7) is 0.476. The Bertz CT molecular complexity index is 333. The Hall–Kier alpha value is -0.640. The highest BCUT2D eigenvalue weighted by Crippen LogP contribution is 2.29. The van der Waals surface area contributed by atoms with Gasteiger partial charge in [0.15, 0.2) is 0 Å². The Kier molecular flexibility index (Phi) is 6.27. The van der Waals surface area contributed by atoms with Gasteiger partial charge in [-0.3, -0.25) is 4.79 Å². The number of carbonyl (C=O) groups is 1. The summed E-state index contributed by atoms with van der Waals surface area (Å²) < 4.78 is 0. The number of rotatable bonds is 6. The Morgan fingerprint density at radius 1 is 1.05 bits per heavy atom. The van der Waals surface area contributed by atoms with E-state index in [4.69, 9.17) is 18.0 Å². The van der Waals surface area contributed by atoms with Crippen molar-refractivity contribution < 1.29 is 4.79 Å². The molecule has 2 saturated carbocycles. The maximum atomic E-state index is 12.5. The minimum Gasteiger partial charge on any atom is -0.392 e. The highest BCUT2D eigenvalue weighted by Gasteiger charge is 2.27. The first-order valence-electron chi connectivity index (χ1n) is 8.24. The van der Waals surface area contributed by atoms with E-state index in [0.29, 0.717) is 24.0 Å². The van der Waals surface area contributed by atoms with Crippen LogP contribution in [-0.4, -0.2) is 28.4 Å². The molecule has 0 aromatic rings. The van der Waals surface area contributed by atoms with E-state index in [9.17, 15) is 4.79 Å². The van der Waals surface area contributed by atoms with Crippen LogP contribution in [0.15, 0.2) is 0 Å². The van der Waals surface area contributed by atoms with Crippen molar-refractivity contribution in [1.29, 1.82) is 0 Å². The Morgan fingerprint density at radius 2 is 1.65 bits per heavy atom. The van der Waals surface area contributed by atoms with E-state index in [1.807, 2.05) is 4.90 Å². The number of hydrogen-bond donors (Lipinski definition) is 1. The quantitative estimate of drug-likeness (QED) is 0.764. The van der Waals surface area contributed by atoms with Crippen molar-refractivity contribution in [1.82, 2.24) is 4.90 Å². The summed E-state index contributed by atoms with van der Waals surface area (Å²) in [5.41, 5.74) is 5.68. The fourth-order valence-electron chi connectivity index (χ4n) is 3.75. The summed E-state index contributed by atoms with van der Waals surface area (Å²) in [5.74, 6) is 1.04. The standard InChI is InChI=1S/C16H28N2OS/c17-15(20)12-18(14-8-4-5-9-14)16(19)11-10-13-6-2-1-3-7-13/h13-14H,1-12H2,(H2,17,20). The molecule has 0 aromatic carbocycles. The van der Waals surface area contributed by atoms with E-state index in [0.717, 1.165) is 25.2 Å². The van der Waals surface area contributed by atoms with E-state index in [2.05, 4.69) is 0 Å². The molecule has 2 aliphatic carbocycles. The molecule has 0 unspecified atom stereocenters. The van der Waals surface area contributed by atoms with E-state index >= 15 is 0 Å². The fourth-order valence-corrected chi connectivity index (χ4v) is 3.89. The maximum Gasteiger partial charge on any atom is 0.223 e. The van der Waals surface area contributed by atoms with Crippen LogP contribution in [0.3, 0.4) is 0 Å². The molecule has 2 rings (SSSR count). The molecule has 0 spiro atoms. The molecule has 2 N–H and O–H groups in total. The minimum atomic E-state index is 0.273. The highest BCUT2D eigenvalue weighted by atomic mass is 32.1. The van der Waals surface area contributed by atoms with Gasteiger partial charge in [0, 0.05) is 12.5 Å². The van der Waals surface area contributed by atoms with Crippen LogP contribution >= 0.6 is 12.2 Å². The number of hydrogen-bond acceptors (Lipinski definition) is 2. The van der Waals surface area contributed by atoms with Gasteiger partial charge in [-0.05, 0) is 25.2 Å². The van der Waals surface area contributed by atoms with Crippen molar-refractivity contribution in [3.63, 3.8) is 0 Å². The zero-order valence-electron chi connectivity index (χ0n) is 12.5. The second-order valence-electron chi connectivity index (χ2n) is 6.47. The third-order valence-corrected chi connectivity index (χ3v) is 5.03. The maximum absolute atomic E-state index is 12.5. The van der Waals surface area contributed by atoms with E-state index in [1.54, 1.807) is 0 Å². The lowest BCUT2D eigenvalue weighted by Gasteiger charge is -2.29. The molecule has 4 heteroatoms. The third-order valence-electron chi connectivity index (χ3n) is 4.90. The Morgan fingerprint density at radius 3 is 2.25 bits per heavy atom. The molecule has 0 radical (unpaired) electrons. The zero-order valence-corrected chi connectivity index (χ0v) is 13.3. The van der Waals surface area contributed by atoms with Crippen molar-refractivity contribution in [2.24, 2.45) is 11.7 Å². The van der Waals surface area contributed by atoms with Gasteiger partial charge in [-0.1, -0.05) is 57.2 Å². The van der Waals surface area contributed by atoms with Crippen molar-refractivity contribution in [3.05, 3.63) is 0 Å². The predicted octanol–water partition coefficient (Wildman–Crippen LogP) is 3.40. The van der Waals surface area contributed by atoms with E-state index < -0.39 is 0 Å². The summed E-state index contributed by atoms with van der Waals surface area (Å²) in [7, 11) is 0. The lowest BCUT2D eigenvalue weighted by molar-refractivity contribution is -0.132. The van der Waals surface area contributed by atoms with Crippen molar-refractivity contribution in [2.45, 2.75) is 76.7 Å². The molecule has 0 atom stereocenters. The van der Waals surface area contributed by atoms with Crippen LogP contribution < -0.4 is 5.73 Å². The smallest absolute Gasteiger partial charge is 0.223 e. The van der Waals surface area contributed by atoms with E-state index in [-0.39, 0.29) is 5.91 Å². The van der Waals surface area contributed by atoms with Crippen LogP contribution in [0.4, 0.5) is 0 Å². The molecule has 114 valence electrons. The summed E-state index contributed by atoms with van der Waals surface area (Å²) in [6.07, 6.45) is 13.1. The van der Waals surface area contributed by atoms with Gasteiger partial charge in [0.2, 0.25) is 5.91 Å². The van der Waals surface area contributed by atoms with Gasteiger partial charge in [0.1, 0.15) is 0 Å². The summed E-state index contributed by atoms with van der Waals surface area (Å²) in [6, 6.07) is 0.385. The molecule has 2 fully saturated rings. The summed E-state index contributed by atoms with van der Waals surface area (Å²) in [4.78, 5) is 14.9. The number of thiocarbonyl (C=S) groups is 1. The molecular weight excluding hydrogens is 268 g/mol. The summed E-state index contributed by atoms with van der Waals surface area (Å²) in [5, 5.41) is 0. The second-order valence-corrected chi connectivity index (χ2v) is 6.99. The lowest BCUT2D eigenvalue weighted by atomic mass is 9.86. The lowest BCUT2D eigenvalue weighted by Crippen LogP contribution is -2.43. The molecular formula is C16H28N2OS. The van der Waals surface area contributed by atoms with Gasteiger partial charge in [0.25, 0.3) is 0 Å². The topological polar surface area (TPSA) is 46.3 Å². The third kappa shape index (κ3) is 4.72. The molecule has 0 aliphatic heterocycles. The first kappa shape index (κ1) is 15.7. The summed E-state index contributed by atoms with van der Waals surface area (Å²) >= 11 is 5.02. The largest absolute Gasteiger partial charge is 0.392 e. The molecule has 1 amide bonds. The van der Waals surface area contributed by atoms with Crippen LogP contribution in [0, 0.1) is 5.92 Å². The highest BCUT2D eigenvalue weighted by molar-refractivity contribution is 7.80. The van der Waals surface area contributed by atoms with Crippen molar-refractivity contribution in [2.75, 3.05) is 6.54 Å². The predicted molar refractivity (Wildman–Crippen MR) is 86.6 cm³/mol. The van der Waals surface area contributed by atoms with Gasteiger partial charge in [-0.2, -0.15) is 0 Å². The number of nitrogens with two attached hydrogens (primary N) is 1. The number of amides is 1. The Balaban J connectivity index is 1.83. The zero-order chi connectivity index (χ0) is 14.4. The molecule has 3 nitrogen and oxygen atoms in total. The van der Waals surface area contributed by atoms with Crippen LogP contribution in [0.2, 0.25) is 0 Å². The van der Waals surface area contributed by atoms with Crippen molar-refractivity contribution in [3.8, 4) is 0 Å².